The van der Waals surface area contributed by atoms with E-state index < -0.39 is 5.97 Å². The number of aliphatic carboxylic acids is 1. The molecule has 2 heterocycles. The van der Waals surface area contributed by atoms with E-state index in [1.807, 2.05) is 37.3 Å². The fraction of sp³-hybridized carbons (Fsp3) is 0.486. The Morgan fingerprint density at radius 1 is 0.796 bits per heavy atom. The Hall–Kier alpha value is -4.55. The number of hydrogen-bond acceptors (Lipinski definition) is 7. The maximum absolute atomic E-state index is 14.3. The molecular weight excluding hydrogens is 622 g/mol. The molecule has 0 spiro atoms. The van der Waals surface area contributed by atoms with Crippen molar-refractivity contribution in [3.63, 3.8) is 0 Å². The Bertz CT molecular complexity index is 1790. The minimum atomic E-state index is -1.02. The highest BCUT2D eigenvalue weighted by Crippen LogP contribution is 2.20. The Labute approximate surface area is 288 Å². The summed E-state index contributed by atoms with van der Waals surface area (Å²) in [4.78, 5) is 61.0. The average molecular weight is 674 g/mol. The minimum Gasteiger partial charge on any atom is -0.481 e. The predicted octanol–water partition coefficient (Wildman–Crippen LogP) is 4.42. The first kappa shape index (κ1) is 37.3. The van der Waals surface area contributed by atoms with E-state index in [0.29, 0.717) is 55.7 Å². The van der Waals surface area contributed by atoms with Gasteiger partial charge in [-0.05, 0) is 62.3 Å². The zero-order valence-corrected chi connectivity index (χ0v) is 29.5. The van der Waals surface area contributed by atoms with Crippen LogP contribution < -0.4 is 16.6 Å². The summed E-state index contributed by atoms with van der Waals surface area (Å²) in [6, 6.07) is 17.3. The number of hydrogen-bond donors (Lipinski definition) is 2. The normalized spacial score (nSPS) is 11.7. The van der Waals surface area contributed by atoms with Gasteiger partial charge in [0, 0.05) is 31.6 Å². The van der Waals surface area contributed by atoms with Crippen LogP contribution in [-0.4, -0.2) is 77.8 Å². The van der Waals surface area contributed by atoms with Crippen LogP contribution in [0.5, 0.6) is 0 Å². The van der Waals surface area contributed by atoms with E-state index in [1.165, 1.54) is 4.57 Å². The summed E-state index contributed by atoms with van der Waals surface area (Å²) in [5.41, 5.74) is 2.72. The molecule has 0 fully saturated rings. The summed E-state index contributed by atoms with van der Waals surface area (Å²) in [7, 11) is 0. The lowest BCUT2D eigenvalue weighted by Gasteiger charge is -2.38. The van der Waals surface area contributed by atoms with Gasteiger partial charge >= 0.3 is 11.7 Å². The van der Waals surface area contributed by atoms with Crippen molar-refractivity contribution < 1.29 is 14.7 Å². The molecule has 12 heteroatoms. The van der Waals surface area contributed by atoms with Crippen molar-refractivity contribution in [2.45, 2.75) is 92.5 Å². The van der Waals surface area contributed by atoms with Gasteiger partial charge in [-0.25, -0.2) is 9.78 Å². The Morgan fingerprint density at radius 2 is 1.43 bits per heavy atom. The third kappa shape index (κ3) is 9.12. The number of carboxylic acid groups (broad SMARTS) is 1. The number of imidazole rings is 1. The number of fused-ring (bicyclic) bond motifs is 1. The molecule has 0 aliphatic heterocycles. The highest BCUT2D eigenvalue weighted by Gasteiger charge is 2.27. The number of carboxylic acids is 1. The third-order valence-electron chi connectivity index (χ3n) is 9.09. The largest absolute Gasteiger partial charge is 0.481 e. The van der Waals surface area contributed by atoms with Crippen molar-refractivity contribution in [2.75, 3.05) is 31.5 Å². The van der Waals surface area contributed by atoms with Crippen LogP contribution in [0.4, 0.5) is 5.69 Å². The summed E-state index contributed by atoms with van der Waals surface area (Å²) in [5.74, 6) is -0.647. The lowest BCUT2D eigenvalue weighted by atomic mass is 10.1. The summed E-state index contributed by atoms with van der Waals surface area (Å²) in [6.07, 6.45) is 1.33. The summed E-state index contributed by atoms with van der Waals surface area (Å²) < 4.78 is 5.06. The molecule has 0 radical (unpaired) electrons. The van der Waals surface area contributed by atoms with Crippen LogP contribution in [0.25, 0.3) is 11.2 Å². The smallest absolute Gasteiger partial charge is 0.332 e. The molecule has 0 atom stereocenters. The van der Waals surface area contributed by atoms with Gasteiger partial charge in [-0.3, -0.25) is 33.3 Å². The quantitative estimate of drug-likeness (QED) is 0.140. The van der Waals surface area contributed by atoms with Crippen molar-refractivity contribution in [3.8, 4) is 0 Å². The topological polar surface area (TPSA) is 135 Å². The van der Waals surface area contributed by atoms with Crippen LogP contribution in [0.1, 0.15) is 70.8 Å². The van der Waals surface area contributed by atoms with Gasteiger partial charge < -0.3 is 15.0 Å². The zero-order chi connectivity index (χ0) is 35.5. The van der Waals surface area contributed by atoms with Gasteiger partial charge in [-0.1, -0.05) is 77.1 Å². The molecule has 12 nitrogen and oxygen atoms in total. The van der Waals surface area contributed by atoms with Crippen LogP contribution in [0.2, 0.25) is 0 Å². The molecule has 0 aliphatic carbocycles. The molecule has 0 saturated carbocycles. The Kier molecular flexibility index (Phi) is 13.5. The van der Waals surface area contributed by atoms with E-state index in [1.54, 1.807) is 16.7 Å². The molecule has 49 heavy (non-hydrogen) atoms. The number of aryl methyl sites for hydroxylation is 2. The van der Waals surface area contributed by atoms with Gasteiger partial charge in [0.25, 0.3) is 5.56 Å². The number of nitrogens with zero attached hydrogens (tertiary/aromatic N) is 6. The highest BCUT2D eigenvalue weighted by molar-refractivity contribution is 5.92. The molecule has 0 saturated heterocycles. The van der Waals surface area contributed by atoms with Gasteiger partial charge in [0.1, 0.15) is 5.82 Å². The van der Waals surface area contributed by atoms with Crippen LogP contribution in [0, 0.1) is 0 Å². The molecular formula is C37H51N7O5. The van der Waals surface area contributed by atoms with Crippen LogP contribution in [0.15, 0.2) is 64.2 Å². The number of likely N-dealkylation sites (N-methyl/N-ethyl adjacent to an activating group) is 2. The first-order chi connectivity index (χ1) is 23.6. The molecule has 0 aliphatic rings. The van der Waals surface area contributed by atoms with Crippen molar-refractivity contribution in [1.82, 2.24) is 28.5 Å². The van der Waals surface area contributed by atoms with E-state index in [0.717, 1.165) is 43.1 Å². The van der Waals surface area contributed by atoms with Gasteiger partial charge in [-0.15, -0.1) is 0 Å². The second-order valence-corrected chi connectivity index (χ2v) is 12.2. The number of anilines is 1. The molecule has 2 N–H and O–H groups in total. The van der Waals surface area contributed by atoms with Gasteiger partial charge in [0.15, 0.2) is 11.2 Å². The number of aromatic nitrogens is 4. The summed E-state index contributed by atoms with van der Waals surface area (Å²) in [5, 5.41) is 11.6. The number of nitrogens with one attached hydrogen (secondary N) is 1. The van der Waals surface area contributed by atoms with Crippen molar-refractivity contribution in [3.05, 3.63) is 92.4 Å². The SMILES string of the molecule is CCCn1c(=O)c2c(nc(Cc3ccccc3)n2CC(N(CC)CC)N(CC)CC)n(CCc2ccc(NC(=O)CCC(=O)O)cc2)c1=O. The number of carbonyl (C=O) groups is 2. The molecule has 2 aromatic heterocycles. The predicted molar refractivity (Wildman–Crippen MR) is 193 cm³/mol. The number of carbonyl (C=O) groups excluding carboxylic acids is 1. The third-order valence-corrected chi connectivity index (χ3v) is 9.09. The average Bonchev–Trinajstić information content (AvgIpc) is 3.44. The zero-order valence-electron chi connectivity index (χ0n) is 29.5. The lowest BCUT2D eigenvalue weighted by Crippen LogP contribution is -2.51. The minimum absolute atomic E-state index is 0.0273. The van der Waals surface area contributed by atoms with Crippen molar-refractivity contribution >= 4 is 28.7 Å². The van der Waals surface area contributed by atoms with Crippen LogP contribution >= 0.6 is 0 Å². The number of amides is 1. The molecule has 0 bridgehead atoms. The Morgan fingerprint density at radius 3 is 2.00 bits per heavy atom. The summed E-state index contributed by atoms with van der Waals surface area (Å²) >= 11 is 0. The Balaban J connectivity index is 1.79. The number of benzene rings is 2. The second kappa shape index (κ2) is 17.7. The fourth-order valence-electron chi connectivity index (χ4n) is 6.42. The van der Waals surface area contributed by atoms with Crippen molar-refractivity contribution in [1.29, 1.82) is 0 Å². The van der Waals surface area contributed by atoms with Crippen LogP contribution in [-0.2, 0) is 42.1 Å². The second-order valence-electron chi connectivity index (χ2n) is 12.2. The maximum Gasteiger partial charge on any atom is 0.332 e. The number of rotatable bonds is 19. The van der Waals surface area contributed by atoms with Crippen molar-refractivity contribution in [2.24, 2.45) is 0 Å². The van der Waals surface area contributed by atoms with E-state index in [-0.39, 0.29) is 36.2 Å². The molecule has 4 rings (SSSR count). The highest BCUT2D eigenvalue weighted by atomic mass is 16.4. The van der Waals surface area contributed by atoms with Gasteiger partial charge in [0.2, 0.25) is 5.91 Å². The van der Waals surface area contributed by atoms with E-state index in [4.69, 9.17) is 10.1 Å². The molecule has 1 amide bonds. The standard InChI is InChI=1S/C37H51N7O5/c1-6-23-43-36(48)34-35(42(37(43)49)24-22-27-16-18-29(19-17-27)38-31(45)20-21-33(46)47)39-30(25-28-14-12-11-13-15-28)44(34)26-32(40(7-2)8-3)41(9-4)10-5/h11-19,32H,6-10,20-26H2,1-5H3,(H,38,45)(H,46,47). The fourth-order valence-corrected chi connectivity index (χ4v) is 6.42. The van der Waals surface area contributed by atoms with E-state index >= 15 is 0 Å². The first-order valence-electron chi connectivity index (χ1n) is 17.5. The van der Waals surface area contributed by atoms with E-state index in [2.05, 4.69) is 59.5 Å². The maximum atomic E-state index is 14.3. The monoisotopic (exact) mass is 673 g/mol. The summed E-state index contributed by atoms with van der Waals surface area (Å²) in [6.45, 7) is 15.1. The molecule has 0 unspecified atom stereocenters. The molecule has 4 aromatic rings. The molecule has 2 aromatic carbocycles. The lowest BCUT2D eigenvalue weighted by molar-refractivity contribution is -0.138. The van der Waals surface area contributed by atoms with Gasteiger partial charge in [0.05, 0.1) is 19.1 Å². The van der Waals surface area contributed by atoms with Crippen LogP contribution in [0.3, 0.4) is 0 Å². The van der Waals surface area contributed by atoms with Gasteiger partial charge in [-0.2, -0.15) is 0 Å². The molecule has 264 valence electrons. The first-order valence-corrected chi connectivity index (χ1v) is 17.5. The van der Waals surface area contributed by atoms with E-state index in [9.17, 15) is 19.2 Å².